The van der Waals surface area contributed by atoms with Crippen LogP contribution in [-0.4, -0.2) is 31.2 Å². The smallest absolute Gasteiger partial charge is 0.246 e. The lowest BCUT2D eigenvalue weighted by Crippen LogP contribution is -2.59. The van der Waals surface area contributed by atoms with Crippen LogP contribution >= 0.6 is 0 Å². The molecule has 2 aromatic rings. The molecule has 0 aliphatic carbocycles. The van der Waals surface area contributed by atoms with Gasteiger partial charge >= 0.3 is 0 Å². The number of furan rings is 1. The highest BCUT2D eigenvalue weighted by molar-refractivity contribution is 5.79. The van der Waals surface area contributed by atoms with Gasteiger partial charge in [-0.2, -0.15) is 0 Å². The molecule has 1 aliphatic heterocycles. The third-order valence-corrected chi connectivity index (χ3v) is 3.80. The van der Waals surface area contributed by atoms with Gasteiger partial charge in [0.05, 0.1) is 11.6 Å². The molecule has 21 heavy (non-hydrogen) atoms. The van der Waals surface area contributed by atoms with Gasteiger partial charge in [-0.3, -0.25) is 4.79 Å². The summed E-state index contributed by atoms with van der Waals surface area (Å²) in [7, 11) is 0. The first-order valence-corrected chi connectivity index (χ1v) is 7.18. The normalized spacial score (nSPS) is 18.2. The molecule has 5 heteroatoms. The second-order valence-electron chi connectivity index (χ2n) is 5.82. The molecule has 1 fully saturated rings. The van der Waals surface area contributed by atoms with Gasteiger partial charge in [0.2, 0.25) is 5.91 Å². The first-order chi connectivity index (χ1) is 10.1. The number of nitrogens with one attached hydrogen (secondary N) is 2. The van der Waals surface area contributed by atoms with Gasteiger partial charge in [0, 0.05) is 18.5 Å². The third kappa shape index (κ3) is 3.09. The molecule has 0 saturated carbocycles. The Labute approximate surface area is 123 Å². The van der Waals surface area contributed by atoms with E-state index in [0.29, 0.717) is 0 Å². The van der Waals surface area contributed by atoms with E-state index in [1.54, 1.807) is 0 Å². The molecule has 112 valence electrons. The summed E-state index contributed by atoms with van der Waals surface area (Å²) in [5.74, 6) is 0.622. The van der Waals surface area contributed by atoms with Crippen LogP contribution in [0.3, 0.4) is 0 Å². The van der Waals surface area contributed by atoms with Crippen LogP contribution in [0, 0.1) is 0 Å². The van der Waals surface area contributed by atoms with Gasteiger partial charge in [-0.15, -0.1) is 0 Å². The van der Waals surface area contributed by atoms with Crippen molar-refractivity contribution in [2.45, 2.75) is 25.5 Å². The molecule has 1 amide bonds. The van der Waals surface area contributed by atoms with E-state index < -0.39 is 0 Å². The monoisotopic (exact) mass is 288 g/mol. The summed E-state index contributed by atoms with van der Waals surface area (Å²) < 4.78 is 11.4. The number of carbonyl (C=O) groups is 1. The number of hydrogen-bond acceptors (Lipinski definition) is 4. The van der Waals surface area contributed by atoms with E-state index >= 15 is 0 Å². The van der Waals surface area contributed by atoms with Crippen LogP contribution in [0.4, 0.5) is 0 Å². The highest BCUT2D eigenvalue weighted by Gasteiger charge is 2.33. The fourth-order valence-corrected chi connectivity index (χ4v) is 2.39. The minimum absolute atomic E-state index is 0.0722. The Morgan fingerprint density at radius 2 is 2.24 bits per heavy atom. The molecule has 1 saturated heterocycles. The van der Waals surface area contributed by atoms with Gasteiger partial charge in [-0.05, 0) is 26.0 Å². The Bertz CT molecular complexity index is 613. The second kappa shape index (κ2) is 5.50. The average molecular weight is 288 g/mol. The minimum atomic E-state index is -0.208. The molecular weight excluding hydrogens is 268 g/mol. The van der Waals surface area contributed by atoms with E-state index in [0.717, 1.165) is 29.8 Å². The van der Waals surface area contributed by atoms with Crippen LogP contribution in [0.15, 0.2) is 34.7 Å². The number of rotatable bonds is 5. The molecule has 0 spiro atoms. The van der Waals surface area contributed by atoms with E-state index in [2.05, 4.69) is 10.6 Å². The first kappa shape index (κ1) is 14.1. The van der Waals surface area contributed by atoms with Crippen LogP contribution in [0.1, 0.15) is 25.6 Å². The van der Waals surface area contributed by atoms with Crippen molar-refractivity contribution in [3.63, 3.8) is 0 Å². The number of carbonyl (C=O) groups excluding carboxylic acids is 1. The van der Waals surface area contributed by atoms with Crippen molar-refractivity contribution in [2.24, 2.45) is 0 Å². The molecule has 3 rings (SSSR count). The standard InChI is InChI=1S/C16H20N2O3/c1-11(14-7-12-5-3-4-6-13(12)21-14)18-15(19)8-20-16(2)9-17-10-16/h3-7,11,17H,8-10H2,1-2H3,(H,18,19). The molecule has 1 aliphatic rings. The Balaban J connectivity index is 1.57. The second-order valence-corrected chi connectivity index (χ2v) is 5.82. The fourth-order valence-electron chi connectivity index (χ4n) is 2.39. The summed E-state index contributed by atoms with van der Waals surface area (Å²) in [5, 5.41) is 7.07. The number of benzene rings is 1. The van der Waals surface area contributed by atoms with E-state index in [-0.39, 0.29) is 24.2 Å². The first-order valence-electron chi connectivity index (χ1n) is 7.18. The fraction of sp³-hybridized carbons (Fsp3) is 0.438. The van der Waals surface area contributed by atoms with Gasteiger partial charge in [-0.25, -0.2) is 0 Å². The van der Waals surface area contributed by atoms with E-state index in [1.165, 1.54) is 0 Å². The molecule has 0 bridgehead atoms. The predicted octanol–water partition coefficient (Wildman–Crippen LogP) is 1.99. The minimum Gasteiger partial charge on any atom is -0.459 e. The molecule has 1 aromatic carbocycles. The number of fused-ring (bicyclic) bond motifs is 1. The van der Waals surface area contributed by atoms with Crippen LogP contribution in [-0.2, 0) is 9.53 Å². The summed E-state index contributed by atoms with van der Waals surface area (Å²) in [4.78, 5) is 11.9. The number of ether oxygens (including phenoxy) is 1. The predicted molar refractivity (Wildman–Crippen MR) is 80.0 cm³/mol. The molecule has 5 nitrogen and oxygen atoms in total. The molecule has 1 unspecified atom stereocenters. The van der Waals surface area contributed by atoms with E-state index in [1.807, 2.05) is 44.2 Å². The lowest BCUT2D eigenvalue weighted by Gasteiger charge is -2.38. The highest BCUT2D eigenvalue weighted by Crippen LogP contribution is 2.23. The van der Waals surface area contributed by atoms with Gasteiger partial charge in [-0.1, -0.05) is 18.2 Å². The van der Waals surface area contributed by atoms with Crippen molar-refractivity contribution in [3.05, 3.63) is 36.1 Å². The van der Waals surface area contributed by atoms with Crippen molar-refractivity contribution in [1.82, 2.24) is 10.6 Å². The summed E-state index contributed by atoms with van der Waals surface area (Å²) in [6, 6.07) is 9.58. The van der Waals surface area contributed by atoms with Crippen LogP contribution in [0.2, 0.25) is 0 Å². The Hall–Kier alpha value is -1.85. The summed E-state index contributed by atoms with van der Waals surface area (Å²) >= 11 is 0. The van der Waals surface area contributed by atoms with Gasteiger partial charge in [0.1, 0.15) is 18.0 Å². The van der Waals surface area contributed by atoms with E-state index in [4.69, 9.17) is 9.15 Å². The maximum absolute atomic E-state index is 11.9. The SMILES string of the molecule is CC(NC(=O)COC1(C)CNC1)c1cc2ccccc2o1. The topological polar surface area (TPSA) is 63.5 Å². The third-order valence-electron chi connectivity index (χ3n) is 3.80. The van der Waals surface area contributed by atoms with Crippen molar-refractivity contribution in [3.8, 4) is 0 Å². The van der Waals surface area contributed by atoms with Crippen LogP contribution in [0.25, 0.3) is 11.0 Å². The van der Waals surface area contributed by atoms with Crippen molar-refractivity contribution >= 4 is 16.9 Å². The quantitative estimate of drug-likeness (QED) is 0.883. The maximum atomic E-state index is 11.9. The Morgan fingerprint density at radius 3 is 2.90 bits per heavy atom. The summed E-state index contributed by atoms with van der Waals surface area (Å²) in [5.41, 5.74) is 0.623. The summed E-state index contributed by atoms with van der Waals surface area (Å²) in [6.45, 7) is 5.56. The average Bonchev–Trinajstić information content (AvgIpc) is 2.87. The number of para-hydroxylation sites is 1. The van der Waals surface area contributed by atoms with Gasteiger partial charge in [0.15, 0.2) is 0 Å². The number of hydrogen-bond donors (Lipinski definition) is 2. The zero-order valence-corrected chi connectivity index (χ0v) is 12.3. The Morgan fingerprint density at radius 1 is 1.48 bits per heavy atom. The molecular formula is C16H20N2O3. The molecule has 0 radical (unpaired) electrons. The van der Waals surface area contributed by atoms with Crippen molar-refractivity contribution < 1.29 is 13.9 Å². The Kier molecular flexibility index (Phi) is 3.69. The maximum Gasteiger partial charge on any atom is 0.246 e. The zero-order valence-electron chi connectivity index (χ0n) is 12.3. The lowest BCUT2D eigenvalue weighted by atomic mass is 10.0. The molecule has 2 heterocycles. The van der Waals surface area contributed by atoms with Gasteiger partial charge in [0.25, 0.3) is 0 Å². The lowest BCUT2D eigenvalue weighted by molar-refractivity contribution is -0.136. The molecule has 2 N–H and O–H groups in total. The largest absolute Gasteiger partial charge is 0.459 e. The molecule has 1 aromatic heterocycles. The highest BCUT2D eigenvalue weighted by atomic mass is 16.5. The summed E-state index contributed by atoms with van der Waals surface area (Å²) in [6.07, 6.45) is 0. The van der Waals surface area contributed by atoms with Crippen molar-refractivity contribution in [1.29, 1.82) is 0 Å². The van der Waals surface area contributed by atoms with Crippen LogP contribution in [0.5, 0.6) is 0 Å². The van der Waals surface area contributed by atoms with Crippen molar-refractivity contribution in [2.75, 3.05) is 19.7 Å². The van der Waals surface area contributed by atoms with E-state index in [9.17, 15) is 4.79 Å². The molecule has 1 atom stereocenters. The number of amides is 1. The van der Waals surface area contributed by atoms with Crippen LogP contribution < -0.4 is 10.6 Å². The van der Waals surface area contributed by atoms with Gasteiger partial charge < -0.3 is 19.8 Å². The zero-order chi connectivity index (χ0) is 14.9.